The first kappa shape index (κ1) is 13.4. The van der Waals surface area contributed by atoms with Gasteiger partial charge in [0.2, 0.25) is 0 Å². The zero-order valence-electron chi connectivity index (χ0n) is 9.78. The van der Waals surface area contributed by atoms with Crippen molar-refractivity contribution in [1.82, 2.24) is 5.32 Å². The number of aliphatic carboxylic acids is 1. The molecular weight excluding hydrogens is 208 g/mol. The Morgan fingerprint density at radius 3 is 2.62 bits per heavy atom. The molecule has 0 heterocycles. The minimum Gasteiger partial charge on any atom is -0.480 e. The topological polar surface area (TPSA) is 95.6 Å². The maximum absolute atomic E-state index is 10.5. The van der Waals surface area contributed by atoms with E-state index in [0.29, 0.717) is 12.5 Å². The summed E-state index contributed by atoms with van der Waals surface area (Å²) in [5, 5.41) is 21.7. The van der Waals surface area contributed by atoms with Gasteiger partial charge >= 0.3 is 5.97 Å². The first-order valence-electron chi connectivity index (χ1n) is 5.84. The summed E-state index contributed by atoms with van der Waals surface area (Å²) < 4.78 is 0. The van der Waals surface area contributed by atoms with Crippen LogP contribution in [0.4, 0.5) is 0 Å². The predicted octanol–water partition coefficient (Wildman–Crippen LogP) is -0.0709. The molecule has 0 spiro atoms. The van der Waals surface area contributed by atoms with Crippen LogP contribution in [0.25, 0.3) is 0 Å². The van der Waals surface area contributed by atoms with Crippen molar-refractivity contribution in [2.45, 2.75) is 44.2 Å². The second-order valence-corrected chi connectivity index (χ2v) is 4.98. The van der Waals surface area contributed by atoms with Crippen LogP contribution in [-0.4, -0.2) is 40.9 Å². The summed E-state index contributed by atoms with van der Waals surface area (Å²) in [6, 6.07) is -0.897. The van der Waals surface area contributed by atoms with Gasteiger partial charge in [0.05, 0.1) is 5.60 Å². The molecule has 1 fully saturated rings. The Kier molecular flexibility index (Phi) is 4.70. The Morgan fingerprint density at radius 2 is 2.12 bits per heavy atom. The van der Waals surface area contributed by atoms with Gasteiger partial charge in [0.1, 0.15) is 6.04 Å². The molecule has 0 bridgehead atoms. The fourth-order valence-corrected chi connectivity index (χ4v) is 2.02. The van der Waals surface area contributed by atoms with Gasteiger partial charge in [-0.05, 0) is 31.6 Å². The highest BCUT2D eigenvalue weighted by Gasteiger charge is 2.31. The molecule has 1 aliphatic carbocycles. The van der Waals surface area contributed by atoms with Gasteiger partial charge in [-0.15, -0.1) is 0 Å². The van der Waals surface area contributed by atoms with Gasteiger partial charge in [-0.3, -0.25) is 4.79 Å². The second-order valence-electron chi connectivity index (χ2n) is 4.98. The van der Waals surface area contributed by atoms with E-state index in [1.165, 1.54) is 0 Å². The van der Waals surface area contributed by atoms with Crippen LogP contribution in [-0.2, 0) is 4.79 Å². The number of nitrogens with two attached hydrogens (primary N) is 1. The first-order valence-corrected chi connectivity index (χ1v) is 5.84. The maximum atomic E-state index is 10.5. The summed E-state index contributed by atoms with van der Waals surface area (Å²) in [4.78, 5) is 10.5. The predicted molar refractivity (Wildman–Crippen MR) is 61.1 cm³/mol. The van der Waals surface area contributed by atoms with Crippen molar-refractivity contribution in [1.29, 1.82) is 0 Å². The first-order chi connectivity index (χ1) is 7.43. The molecule has 1 atom stereocenters. The summed E-state index contributed by atoms with van der Waals surface area (Å²) in [7, 11) is 0. The minimum atomic E-state index is -1.02. The van der Waals surface area contributed by atoms with Gasteiger partial charge in [0.15, 0.2) is 0 Å². The van der Waals surface area contributed by atoms with Gasteiger partial charge in [0, 0.05) is 13.1 Å². The monoisotopic (exact) mass is 230 g/mol. The largest absolute Gasteiger partial charge is 0.480 e. The molecule has 0 aromatic carbocycles. The number of nitrogens with one attached hydrogen (secondary N) is 1. The molecule has 1 unspecified atom stereocenters. The van der Waals surface area contributed by atoms with Gasteiger partial charge in [-0.1, -0.05) is 6.92 Å². The number of carboxylic acid groups (broad SMARTS) is 1. The molecule has 0 amide bonds. The lowest BCUT2D eigenvalue weighted by molar-refractivity contribution is -0.138. The van der Waals surface area contributed by atoms with E-state index in [4.69, 9.17) is 10.8 Å². The molecular formula is C11H22N2O3. The number of aliphatic hydroxyl groups is 1. The number of hydrogen-bond donors (Lipinski definition) is 4. The van der Waals surface area contributed by atoms with E-state index in [-0.39, 0.29) is 6.54 Å². The third-order valence-corrected chi connectivity index (χ3v) is 3.34. The lowest BCUT2D eigenvalue weighted by Crippen LogP contribution is -2.48. The van der Waals surface area contributed by atoms with Crippen molar-refractivity contribution < 1.29 is 15.0 Å². The standard InChI is InChI=1S/C11H22N2O3/c1-8-2-4-11(16,5-3-8)7-13-6-9(12)10(14)15/h8-9,13,16H,2-7,12H2,1H3,(H,14,15). The molecule has 1 rings (SSSR count). The Bertz CT molecular complexity index is 237. The highest BCUT2D eigenvalue weighted by molar-refractivity contribution is 5.73. The quantitative estimate of drug-likeness (QED) is 0.530. The van der Waals surface area contributed by atoms with Gasteiger partial charge < -0.3 is 21.3 Å². The summed E-state index contributed by atoms with van der Waals surface area (Å²) in [6.45, 7) is 2.82. The fraction of sp³-hybridized carbons (Fsp3) is 0.909. The van der Waals surface area contributed by atoms with E-state index in [1.54, 1.807) is 0 Å². The average molecular weight is 230 g/mol. The van der Waals surface area contributed by atoms with E-state index in [0.717, 1.165) is 25.7 Å². The van der Waals surface area contributed by atoms with Crippen molar-refractivity contribution in [3.05, 3.63) is 0 Å². The normalized spacial score (nSPS) is 32.3. The summed E-state index contributed by atoms with van der Waals surface area (Å²) in [5.41, 5.74) is 4.68. The van der Waals surface area contributed by atoms with Gasteiger partial charge in [0.25, 0.3) is 0 Å². The number of rotatable bonds is 5. The zero-order valence-corrected chi connectivity index (χ0v) is 9.78. The second kappa shape index (κ2) is 5.61. The lowest BCUT2D eigenvalue weighted by Gasteiger charge is -2.35. The smallest absolute Gasteiger partial charge is 0.321 e. The average Bonchev–Trinajstić information content (AvgIpc) is 2.23. The van der Waals surface area contributed by atoms with Crippen molar-refractivity contribution in [3.8, 4) is 0 Å². The number of carbonyl (C=O) groups is 1. The SMILES string of the molecule is CC1CCC(O)(CNCC(N)C(=O)O)CC1. The van der Waals surface area contributed by atoms with Crippen LogP contribution in [0.3, 0.4) is 0 Å². The minimum absolute atomic E-state index is 0.202. The van der Waals surface area contributed by atoms with E-state index in [1.807, 2.05) is 0 Å². The van der Waals surface area contributed by atoms with Crippen LogP contribution in [0.15, 0.2) is 0 Å². The molecule has 1 aliphatic rings. The summed E-state index contributed by atoms with van der Waals surface area (Å²) >= 11 is 0. The summed E-state index contributed by atoms with van der Waals surface area (Å²) in [6.07, 6.45) is 3.62. The van der Waals surface area contributed by atoms with E-state index >= 15 is 0 Å². The molecule has 5 nitrogen and oxygen atoms in total. The van der Waals surface area contributed by atoms with Crippen LogP contribution in [0.2, 0.25) is 0 Å². The van der Waals surface area contributed by atoms with Crippen molar-refractivity contribution >= 4 is 5.97 Å². The molecule has 5 heteroatoms. The Balaban J connectivity index is 2.24. The van der Waals surface area contributed by atoms with Crippen molar-refractivity contribution in [2.24, 2.45) is 11.7 Å². The number of carboxylic acids is 1. The van der Waals surface area contributed by atoms with Crippen molar-refractivity contribution in [3.63, 3.8) is 0 Å². The molecule has 0 aromatic rings. The summed E-state index contributed by atoms with van der Waals surface area (Å²) in [5.74, 6) is -0.335. The third-order valence-electron chi connectivity index (χ3n) is 3.34. The molecule has 0 aromatic heterocycles. The molecule has 0 radical (unpaired) electrons. The highest BCUT2D eigenvalue weighted by atomic mass is 16.4. The zero-order chi connectivity index (χ0) is 12.2. The Morgan fingerprint density at radius 1 is 1.56 bits per heavy atom. The highest BCUT2D eigenvalue weighted by Crippen LogP contribution is 2.31. The van der Waals surface area contributed by atoms with Crippen LogP contribution in [0, 0.1) is 5.92 Å². The molecule has 1 saturated carbocycles. The van der Waals surface area contributed by atoms with Crippen molar-refractivity contribution in [2.75, 3.05) is 13.1 Å². The van der Waals surface area contributed by atoms with Crippen LogP contribution in [0.5, 0.6) is 0 Å². The van der Waals surface area contributed by atoms with Gasteiger partial charge in [-0.25, -0.2) is 0 Å². The maximum Gasteiger partial charge on any atom is 0.321 e. The van der Waals surface area contributed by atoms with Crippen LogP contribution >= 0.6 is 0 Å². The van der Waals surface area contributed by atoms with E-state index in [9.17, 15) is 9.90 Å². The molecule has 16 heavy (non-hydrogen) atoms. The molecule has 0 aliphatic heterocycles. The Hall–Kier alpha value is -0.650. The third kappa shape index (κ3) is 4.08. The Labute approximate surface area is 96.0 Å². The van der Waals surface area contributed by atoms with E-state index in [2.05, 4.69) is 12.2 Å². The van der Waals surface area contributed by atoms with Gasteiger partial charge in [-0.2, -0.15) is 0 Å². The van der Waals surface area contributed by atoms with Crippen LogP contribution in [0.1, 0.15) is 32.6 Å². The number of hydrogen-bond acceptors (Lipinski definition) is 4. The molecule has 94 valence electrons. The molecule has 5 N–H and O–H groups in total. The fourth-order valence-electron chi connectivity index (χ4n) is 2.02. The molecule has 0 saturated heterocycles. The van der Waals surface area contributed by atoms with E-state index < -0.39 is 17.6 Å². The van der Waals surface area contributed by atoms with Crippen LogP contribution < -0.4 is 11.1 Å². The lowest BCUT2D eigenvalue weighted by atomic mass is 9.79.